The van der Waals surface area contributed by atoms with Crippen molar-refractivity contribution in [2.24, 2.45) is 0 Å². The minimum Gasteiger partial charge on any atom is -0.368 e. The van der Waals surface area contributed by atoms with E-state index in [1.54, 1.807) is 16.0 Å². The summed E-state index contributed by atoms with van der Waals surface area (Å²) in [5, 5.41) is 8.08. The number of aryl methyl sites for hydroxylation is 1. The highest BCUT2D eigenvalue weighted by molar-refractivity contribution is 7.91. The molecule has 11 heteroatoms. The highest BCUT2D eigenvalue weighted by atomic mass is 35.5. The Kier molecular flexibility index (Phi) is 6.21. The summed E-state index contributed by atoms with van der Waals surface area (Å²) in [7, 11) is -3.11. The highest BCUT2D eigenvalue weighted by Gasteiger charge is 2.33. The number of aromatic nitrogens is 3. The third-order valence-electron chi connectivity index (χ3n) is 7.14. The van der Waals surface area contributed by atoms with Crippen molar-refractivity contribution in [2.75, 3.05) is 42.6 Å². The van der Waals surface area contributed by atoms with E-state index in [2.05, 4.69) is 4.90 Å². The highest BCUT2D eigenvalue weighted by Crippen LogP contribution is 2.34. The predicted molar refractivity (Wildman–Crippen MR) is 147 cm³/mol. The summed E-state index contributed by atoms with van der Waals surface area (Å²) in [5.74, 6) is 0.131. The van der Waals surface area contributed by atoms with Crippen LogP contribution in [-0.4, -0.2) is 71.7 Å². The van der Waals surface area contributed by atoms with E-state index < -0.39 is 9.84 Å². The summed E-state index contributed by atoms with van der Waals surface area (Å²) in [5.41, 5.74) is 3.58. The Morgan fingerprint density at radius 3 is 2.59 bits per heavy atom. The molecule has 2 aliphatic rings. The molecule has 2 fully saturated rings. The molecular weight excluding hydrogens is 530 g/mol. The van der Waals surface area contributed by atoms with E-state index >= 15 is 0 Å². The zero-order valence-corrected chi connectivity index (χ0v) is 22.7. The standard InChI is InChI=1S/C26H26ClN5O3S2/c1-17-24-21(26(33)31-10-8-30(9-11-31)19-5-2-4-18(27)14-19)15-22(23-6-3-12-36-23)28-25(24)32(29-17)20-7-13-37(34,35)16-20/h2-6,12,14-15,20H,7-11,13,16H2,1H3. The van der Waals surface area contributed by atoms with Crippen LogP contribution in [0.5, 0.6) is 0 Å². The number of fused-ring (bicyclic) bond motifs is 1. The zero-order valence-electron chi connectivity index (χ0n) is 20.3. The minimum atomic E-state index is -3.11. The molecule has 2 aliphatic heterocycles. The van der Waals surface area contributed by atoms with Gasteiger partial charge in [0.2, 0.25) is 0 Å². The van der Waals surface area contributed by atoms with Crippen molar-refractivity contribution in [3.8, 4) is 10.6 Å². The van der Waals surface area contributed by atoms with Gasteiger partial charge in [-0.15, -0.1) is 11.3 Å². The molecule has 192 valence electrons. The van der Waals surface area contributed by atoms with Gasteiger partial charge in [0, 0.05) is 36.9 Å². The number of benzene rings is 1. The summed E-state index contributed by atoms with van der Waals surface area (Å²) in [6.07, 6.45) is 0.498. The Bertz CT molecular complexity index is 1590. The number of anilines is 1. The molecule has 37 heavy (non-hydrogen) atoms. The first kappa shape index (κ1) is 24.4. The fraction of sp³-hybridized carbons (Fsp3) is 0.346. The molecule has 0 bridgehead atoms. The van der Waals surface area contributed by atoms with Gasteiger partial charge in [-0.1, -0.05) is 23.7 Å². The van der Waals surface area contributed by atoms with Crippen LogP contribution in [0.3, 0.4) is 0 Å². The maximum Gasteiger partial charge on any atom is 0.254 e. The van der Waals surface area contributed by atoms with Crippen molar-refractivity contribution < 1.29 is 13.2 Å². The average molecular weight is 556 g/mol. The number of amides is 1. The van der Waals surface area contributed by atoms with E-state index in [1.807, 2.05) is 59.7 Å². The first-order valence-corrected chi connectivity index (χ1v) is 15.3. The van der Waals surface area contributed by atoms with Crippen LogP contribution in [0.15, 0.2) is 47.8 Å². The Morgan fingerprint density at radius 1 is 1.11 bits per heavy atom. The minimum absolute atomic E-state index is 0.0445. The topological polar surface area (TPSA) is 88.4 Å². The van der Waals surface area contributed by atoms with Crippen LogP contribution in [0.25, 0.3) is 21.6 Å². The van der Waals surface area contributed by atoms with Gasteiger partial charge >= 0.3 is 0 Å². The fourth-order valence-electron chi connectivity index (χ4n) is 5.27. The Labute approximate surface area is 224 Å². The van der Waals surface area contributed by atoms with Crippen molar-refractivity contribution in [3.63, 3.8) is 0 Å². The first-order chi connectivity index (χ1) is 17.8. The largest absolute Gasteiger partial charge is 0.368 e. The quantitative estimate of drug-likeness (QED) is 0.370. The van der Waals surface area contributed by atoms with Crippen molar-refractivity contribution >= 4 is 55.4 Å². The molecule has 1 aromatic carbocycles. The Morgan fingerprint density at radius 2 is 1.92 bits per heavy atom. The van der Waals surface area contributed by atoms with Crippen molar-refractivity contribution in [2.45, 2.75) is 19.4 Å². The molecule has 3 aromatic heterocycles. The van der Waals surface area contributed by atoms with Gasteiger partial charge in [0.25, 0.3) is 5.91 Å². The molecule has 1 amide bonds. The van der Waals surface area contributed by atoms with Crippen LogP contribution in [-0.2, 0) is 9.84 Å². The van der Waals surface area contributed by atoms with Crippen molar-refractivity contribution in [1.82, 2.24) is 19.7 Å². The summed E-state index contributed by atoms with van der Waals surface area (Å²) >= 11 is 7.73. The van der Waals surface area contributed by atoms with E-state index in [9.17, 15) is 13.2 Å². The number of piperazine rings is 1. The third-order valence-corrected chi connectivity index (χ3v) is 10.0. The fourth-order valence-corrected chi connectivity index (χ4v) is 7.83. The molecule has 8 nitrogen and oxygen atoms in total. The van der Waals surface area contributed by atoms with Crippen LogP contribution in [0, 0.1) is 6.92 Å². The molecule has 0 N–H and O–H groups in total. The number of nitrogens with zero attached hydrogens (tertiary/aromatic N) is 5. The number of sulfone groups is 1. The van der Waals surface area contributed by atoms with Gasteiger partial charge < -0.3 is 9.80 Å². The van der Waals surface area contributed by atoms with Crippen LogP contribution in [0.2, 0.25) is 5.02 Å². The SMILES string of the molecule is Cc1nn(C2CCS(=O)(=O)C2)c2nc(-c3cccs3)cc(C(=O)N3CCN(c4cccc(Cl)c4)CC3)c12. The van der Waals surface area contributed by atoms with Crippen LogP contribution >= 0.6 is 22.9 Å². The number of carbonyl (C=O) groups is 1. The van der Waals surface area contributed by atoms with Gasteiger partial charge in [-0.3, -0.25) is 4.79 Å². The third kappa shape index (κ3) is 4.62. The number of carbonyl (C=O) groups excluding carboxylic acids is 1. The van der Waals surface area contributed by atoms with Gasteiger partial charge in [0.05, 0.1) is 44.8 Å². The lowest BCUT2D eigenvalue weighted by Crippen LogP contribution is -2.48. The maximum atomic E-state index is 13.9. The second kappa shape index (κ2) is 9.41. The average Bonchev–Trinajstić information content (AvgIpc) is 3.62. The zero-order chi connectivity index (χ0) is 25.7. The maximum absolute atomic E-state index is 13.9. The van der Waals surface area contributed by atoms with E-state index in [-0.39, 0.29) is 23.5 Å². The Balaban J connectivity index is 1.36. The number of hydrogen-bond donors (Lipinski definition) is 0. The number of halogens is 1. The van der Waals surface area contributed by atoms with Crippen molar-refractivity contribution in [1.29, 1.82) is 0 Å². The number of pyridine rings is 1. The van der Waals surface area contributed by atoms with Gasteiger partial charge in [-0.25, -0.2) is 18.1 Å². The molecular formula is C26H26ClN5O3S2. The van der Waals surface area contributed by atoms with Crippen LogP contribution in [0.1, 0.15) is 28.5 Å². The van der Waals surface area contributed by atoms with Gasteiger partial charge in [-0.2, -0.15) is 5.10 Å². The lowest BCUT2D eigenvalue weighted by atomic mass is 10.1. The molecule has 6 rings (SSSR count). The lowest BCUT2D eigenvalue weighted by molar-refractivity contribution is 0.0748. The van der Waals surface area contributed by atoms with E-state index in [4.69, 9.17) is 21.7 Å². The van der Waals surface area contributed by atoms with E-state index in [1.165, 1.54) is 0 Å². The first-order valence-electron chi connectivity index (χ1n) is 12.2. The summed E-state index contributed by atoms with van der Waals surface area (Å²) in [4.78, 5) is 23.9. The second-order valence-electron chi connectivity index (χ2n) is 9.58. The predicted octanol–water partition coefficient (Wildman–Crippen LogP) is 4.44. The van der Waals surface area contributed by atoms with Gasteiger partial charge in [0.1, 0.15) is 0 Å². The normalized spacial score (nSPS) is 19.6. The molecule has 1 atom stereocenters. The molecule has 2 saturated heterocycles. The number of rotatable bonds is 4. The molecule has 0 aliphatic carbocycles. The van der Waals surface area contributed by atoms with Gasteiger partial charge in [-0.05, 0) is 49.1 Å². The summed E-state index contributed by atoms with van der Waals surface area (Å²) < 4.78 is 26.2. The molecule has 4 aromatic rings. The summed E-state index contributed by atoms with van der Waals surface area (Å²) in [6, 6.07) is 13.3. The Hall–Kier alpha value is -2.95. The second-order valence-corrected chi connectivity index (χ2v) is 13.2. The number of thiophene rings is 1. The molecule has 0 radical (unpaired) electrons. The molecule has 5 heterocycles. The van der Waals surface area contributed by atoms with Crippen LogP contribution < -0.4 is 4.90 Å². The summed E-state index contributed by atoms with van der Waals surface area (Å²) in [6.45, 7) is 4.43. The smallest absolute Gasteiger partial charge is 0.254 e. The molecule has 1 unspecified atom stereocenters. The van der Waals surface area contributed by atoms with Gasteiger partial charge in [0.15, 0.2) is 15.5 Å². The number of hydrogen-bond acceptors (Lipinski definition) is 7. The molecule has 0 spiro atoms. The van der Waals surface area contributed by atoms with Crippen molar-refractivity contribution in [3.05, 3.63) is 64.1 Å². The monoisotopic (exact) mass is 555 g/mol. The molecule has 0 saturated carbocycles. The van der Waals surface area contributed by atoms with Crippen LogP contribution in [0.4, 0.5) is 5.69 Å². The van der Waals surface area contributed by atoms with E-state index in [0.29, 0.717) is 65.6 Å². The lowest BCUT2D eigenvalue weighted by Gasteiger charge is -2.36. The van der Waals surface area contributed by atoms with E-state index in [0.717, 1.165) is 10.6 Å².